The van der Waals surface area contributed by atoms with Crippen molar-refractivity contribution in [2.75, 3.05) is 12.8 Å². The summed E-state index contributed by atoms with van der Waals surface area (Å²) in [5.74, 6) is 6.33. The van der Waals surface area contributed by atoms with Gasteiger partial charge in [0, 0.05) is 28.4 Å². The van der Waals surface area contributed by atoms with Gasteiger partial charge >= 0.3 is 0 Å². The molecule has 1 unspecified atom stereocenters. The molecule has 0 saturated carbocycles. The van der Waals surface area contributed by atoms with E-state index in [0.717, 1.165) is 28.9 Å². The largest absolute Gasteiger partial charge is 0.384 e. The van der Waals surface area contributed by atoms with E-state index in [1.165, 1.54) is 6.07 Å². The van der Waals surface area contributed by atoms with Gasteiger partial charge in [0.1, 0.15) is 34.8 Å². The molecular formula is C29H27FN6O. The van der Waals surface area contributed by atoms with Crippen LogP contribution in [0.3, 0.4) is 0 Å². The van der Waals surface area contributed by atoms with Crippen molar-refractivity contribution in [1.29, 1.82) is 0 Å². The van der Waals surface area contributed by atoms with Gasteiger partial charge in [0.05, 0.1) is 17.4 Å². The van der Waals surface area contributed by atoms with Gasteiger partial charge in [-0.05, 0) is 70.1 Å². The Kier molecular flexibility index (Phi) is 7.56. The summed E-state index contributed by atoms with van der Waals surface area (Å²) in [5.41, 5.74) is 11.7. The van der Waals surface area contributed by atoms with Crippen LogP contribution in [0.15, 0.2) is 60.8 Å². The van der Waals surface area contributed by atoms with E-state index in [2.05, 4.69) is 32.1 Å². The fraction of sp³-hybridized carbons (Fsp3) is 0.172. The minimum Gasteiger partial charge on any atom is -0.384 e. The number of benzene rings is 1. The number of pyridine rings is 3. The van der Waals surface area contributed by atoms with Crippen molar-refractivity contribution in [2.45, 2.75) is 26.8 Å². The Morgan fingerprint density at radius 3 is 2.59 bits per heavy atom. The van der Waals surface area contributed by atoms with Crippen LogP contribution >= 0.6 is 0 Å². The van der Waals surface area contributed by atoms with Crippen LogP contribution in [0.5, 0.6) is 0 Å². The summed E-state index contributed by atoms with van der Waals surface area (Å²) in [6, 6.07) is 16.2. The summed E-state index contributed by atoms with van der Waals surface area (Å²) in [6.45, 7) is 5.58. The van der Waals surface area contributed by atoms with Crippen molar-refractivity contribution in [3.05, 3.63) is 89.3 Å². The number of nitrogens with two attached hydrogens (primary N) is 1. The summed E-state index contributed by atoms with van der Waals surface area (Å²) in [5, 5.41) is 3.41. The number of imidazole rings is 1. The van der Waals surface area contributed by atoms with E-state index in [9.17, 15) is 9.18 Å². The van der Waals surface area contributed by atoms with E-state index in [4.69, 9.17) is 5.73 Å². The summed E-state index contributed by atoms with van der Waals surface area (Å²) >= 11 is 0. The number of carbonyl (C=O) groups excluding carboxylic acids is 1. The minimum atomic E-state index is -0.367. The summed E-state index contributed by atoms with van der Waals surface area (Å²) < 4.78 is 16.3. The van der Waals surface area contributed by atoms with Crippen LogP contribution in [0.4, 0.5) is 10.2 Å². The third-order valence-corrected chi connectivity index (χ3v) is 5.77. The van der Waals surface area contributed by atoms with E-state index >= 15 is 0 Å². The predicted molar refractivity (Wildman–Crippen MR) is 145 cm³/mol. The molecule has 7 nitrogen and oxygen atoms in total. The van der Waals surface area contributed by atoms with E-state index in [-0.39, 0.29) is 11.9 Å². The second-order valence-corrected chi connectivity index (χ2v) is 8.52. The minimum absolute atomic E-state index is 0.00463. The van der Waals surface area contributed by atoms with Crippen molar-refractivity contribution >= 4 is 28.7 Å². The Balaban J connectivity index is 0.000000480. The number of aromatic nitrogens is 4. The highest BCUT2D eigenvalue weighted by Crippen LogP contribution is 2.28. The van der Waals surface area contributed by atoms with Crippen LogP contribution in [-0.4, -0.2) is 38.7 Å². The molecule has 186 valence electrons. The quantitative estimate of drug-likeness (QED) is 0.284. The molecule has 0 bridgehead atoms. The Labute approximate surface area is 214 Å². The highest BCUT2D eigenvalue weighted by Gasteiger charge is 2.15. The Bertz CT molecular complexity index is 1660. The lowest BCUT2D eigenvalue weighted by Crippen LogP contribution is -2.21. The topological polar surface area (TPSA) is 98.2 Å². The molecule has 1 atom stereocenters. The first-order valence-electron chi connectivity index (χ1n) is 11.7. The fourth-order valence-electron chi connectivity index (χ4n) is 3.84. The monoisotopic (exact) mass is 494 g/mol. The third-order valence-electron chi connectivity index (χ3n) is 5.77. The maximum atomic E-state index is 14.3. The average molecular weight is 495 g/mol. The molecule has 4 heterocycles. The first-order chi connectivity index (χ1) is 17.8. The molecule has 37 heavy (non-hydrogen) atoms. The molecule has 0 aliphatic carbocycles. The fourth-order valence-corrected chi connectivity index (χ4v) is 3.84. The van der Waals surface area contributed by atoms with Crippen molar-refractivity contribution in [2.24, 2.45) is 0 Å². The molecule has 5 aromatic rings. The van der Waals surface area contributed by atoms with Crippen LogP contribution in [0.2, 0.25) is 0 Å². The van der Waals surface area contributed by atoms with Crippen molar-refractivity contribution in [3.8, 4) is 23.1 Å². The van der Waals surface area contributed by atoms with Crippen molar-refractivity contribution in [1.82, 2.24) is 24.7 Å². The lowest BCUT2D eigenvalue weighted by atomic mass is 10.1. The number of rotatable bonds is 3. The van der Waals surface area contributed by atoms with Gasteiger partial charge < -0.3 is 15.8 Å². The number of fused-ring (bicyclic) bond motifs is 2. The van der Waals surface area contributed by atoms with Gasteiger partial charge in [-0.25, -0.2) is 19.3 Å². The summed E-state index contributed by atoms with van der Waals surface area (Å²) in [4.78, 5) is 23.1. The van der Waals surface area contributed by atoms with Crippen LogP contribution in [0, 0.1) is 31.5 Å². The average Bonchev–Trinajstić information content (AvgIpc) is 3.23. The number of anilines is 1. The molecule has 0 aliphatic heterocycles. The highest BCUT2D eigenvalue weighted by molar-refractivity contribution is 5.86. The maximum absolute atomic E-state index is 14.3. The van der Waals surface area contributed by atoms with Crippen LogP contribution in [-0.2, 0) is 4.79 Å². The Hall–Kier alpha value is -4.61. The second-order valence-electron chi connectivity index (χ2n) is 8.52. The van der Waals surface area contributed by atoms with Gasteiger partial charge in [-0.3, -0.25) is 4.40 Å². The molecule has 0 saturated heterocycles. The number of aldehydes is 1. The highest BCUT2D eigenvalue weighted by atomic mass is 19.1. The Morgan fingerprint density at radius 2 is 1.86 bits per heavy atom. The molecule has 0 amide bonds. The lowest BCUT2D eigenvalue weighted by Gasteiger charge is -2.07. The Morgan fingerprint density at radius 1 is 1.05 bits per heavy atom. The molecule has 0 spiro atoms. The molecule has 1 aromatic carbocycles. The molecule has 5 rings (SSSR count). The SMILES string of the molecule is CNC(C)C=O.Cc1cc(C#Cc2nc(N)ccc2-c2c(C)nc3ccccn23)c2cccc(F)c2n1. The van der Waals surface area contributed by atoms with Crippen molar-refractivity contribution < 1.29 is 9.18 Å². The van der Waals surface area contributed by atoms with E-state index in [1.807, 2.05) is 60.8 Å². The van der Waals surface area contributed by atoms with E-state index in [0.29, 0.717) is 33.7 Å². The lowest BCUT2D eigenvalue weighted by molar-refractivity contribution is -0.109. The van der Waals surface area contributed by atoms with Gasteiger partial charge in [0.2, 0.25) is 0 Å². The molecule has 3 N–H and O–H groups in total. The standard InChI is InChI=1S/C25H18FN5.C4H9NO/c1-15-14-17(18-6-5-7-20(26)24(18)28-15)9-11-21-19(10-12-22(27)30-21)25-16(2)29-23-8-3-4-13-31(23)25;1-4(3-6)5-2/h3-8,10,12-14H,1-2H3,(H2,27,30);3-5H,1-2H3. The number of hydrogen-bond donors (Lipinski definition) is 2. The van der Waals surface area contributed by atoms with Gasteiger partial charge in [0.15, 0.2) is 0 Å². The molecule has 0 fully saturated rings. The van der Waals surface area contributed by atoms with Crippen LogP contribution in [0.25, 0.3) is 27.8 Å². The molecule has 0 aliphatic rings. The van der Waals surface area contributed by atoms with E-state index < -0.39 is 0 Å². The summed E-state index contributed by atoms with van der Waals surface area (Å²) in [7, 11) is 1.75. The number of nitrogens with zero attached hydrogens (tertiary/aromatic N) is 4. The number of hydrogen-bond acceptors (Lipinski definition) is 6. The van der Waals surface area contributed by atoms with Gasteiger partial charge in [-0.2, -0.15) is 0 Å². The number of nitrogen functional groups attached to an aromatic ring is 1. The third kappa shape index (κ3) is 5.47. The zero-order valence-corrected chi connectivity index (χ0v) is 21.1. The van der Waals surface area contributed by atoms with Gasteiger partial charge in [-0.1, -0.05) is 24.1 Å². The number of para-hydroxylation sites is 1. The summed E-state index contributed by atoms with van der Waals surface area (Å²) in [6.07, 6.45) is 2.82. The van der Waals surface area contributed by atoms with Gasteiger partial charge in [-0.15, -0.1) is 0 Å². The number of likely N-dealkylation sites (N-methyl/N-ethyl adjacent to an activating group) is 1. The number of halogens is 1. The number of aryl methyl sites for hydroxylation is 2. The molecule has 0 radical (unpaired) electrons. The normalized spacial score (nSPS) is 11.4. The molecular weight excluding hydrogens is 467 g/mol. The first kappa shape index (κ1) is 25.5. The smallest absolute Gasteiger partial charge is 0.149 e. The molecule has 8 heteroatoms. The zero-order valence-electron chi connectivity index (χ0n) is 21.1. The van der Waals surface area contributed by atoms with Crippen LogP contribution < -0.4 is 11.1 Å². The predicted octanol–water partition coefficient (Wildman–Crippen LogP) is 4.48. The molecule has 4 aromatic heterocycles. The zero-order chi connectivity index (χ0) is 26.5. The first-order valence-corrected chi connectivity index (χ1v) is 11.7. The maximum Gasteiger partial charge on any atom is 0.149 e. The second kappa shape index (κ2) is 11.0. The number of carbonyl (C=O) groups is 1. The van der Waals surface area contributed by atoms with Gasteiger partial charge in [0.25, 0.3) is 0 Å². The van der Waals surface area contributed by atoms with Crippen LogP contribution in [0.1, 0.15) is 29.6 Å². The number of nitrogens with one attached hydrogen (secondary N) is 1. The van der Waals surface area contributed by atoms with Crippen molar-refractivity contribution in [3.63, 3.8) is 0 Å². The van der Waals surface area contributed by atoms with E-state index in [1.54, 1.807) is 26.1 Å².